The molecule has 0 spiro atoms. The predicted octanol–water partition coefficient (Wildman–Crippen LogP) is 3.00. The van der Waals surface area contributed by atoms with Gasteiger partial charge in [0.05, 0.1) is 33.0 Å². The molecule has 1 fully saturated rings. The first-order valence-corrected chi connectivity index (χ1v) is 13.1. The van der Waals surface area contributed by atoms with Gasteiger partial charge in [0.2, 0.25) is 21.7 Å². The molecule has 1 N–H and O–H groups in total. The summed E-state index contributed by atoms with van der Waals surface area (Å²) in [6.45, 7) is 0.909. The molecule has 1 aliphatic rings. The Hall–Kier alpha value is -2.78. The Morgan fingerprint density at radius 2 is 1.76 bits per heavy atom. The maximum Gasteiger partial charge on any atom is 0.224 e. The van der Waals surface area contributed by atoms with Crippen molar-refractivity contribution in [3.8, 4) is 17.2 Å². The largest absolute Gasteiger partial charge is 0.493 e. The summed E-state index contributed by atoms with van der Waals surface area (Å²) >= 11 is 0. The molecule has 1 atom stereocenters. The van der Waals surface area contributed by atoms with Gasteiger partial charge in [-0.1, -0.05) is 30.3 Å². The maximum atomic E-state index is 12.9. The Balaban J connectivity index is 1.57. The van der Waals surface area contributed by atoms with Crippen LogP contribution in [0, 0.1) is 5.92 Å². The van der Waals surface area contributed by atoms with Crippen molar-refractivity contribution in [1.82, 2.24) is 9.62 Å². The standard InChI is InChI=1S/C25H34N2O6S/c1-31-22-14-13-20(23(32-2)24(22)33-3)17-26-25(28)21-12-7-15-27(18-21)34(29,30)16-8-11-19-9-5-4-6-10-19/h4-6,9-10,13-14,21H,7-8,11-12,15-18H2,1-3H3,(H,26,28)/t21-/m1/s1. The number of carbonyl (C=O) groups excluding carboxylic acids is 1. The lowest BCUT2D eigenvalue weighted by Crippen LogP contribution is -2.46. The second kappa shape index (κ2) is 12.1. The van der Waals surface area contributed by atoms with Crippen LogP contribution in [0.15, 0.2) is 42.5 Å². The summed E-state index contributed by atoms with van der Waals surface area (Å²) in [6, 6.07) is 13.4. The zero-order valence-electron chi connectivity index (χ0n) is 20.1. The van der Waals surface area contributed by atoms with Crippen molar-refractivity contribution in [1.29, 1.82) is 0 Å². The maximum absolute atomic E-state index is 12.9. The van der Waals surface area contributed by atoms with Crippen LogP contribution in [-0.4, -0.2) is 58.8 Å². The zero-order chi connectivity index (χ0) is 24.6. The molecule has 2 aromatic carbocycles. The molecule has 0 unspecified atom stereocenters. The summed E-state index contributed by atoms with van der Waals surface area (Å²) in [5, 5.41) is 2.93. The van der Waals surface area contributed by atoms with Crippen molar-refractivity contribution >= 4 is 15.9 Å². The number of aryl methyl sites for hydroxylation is 1. The third kappa shape index (κ3) is 6.42. The predicted molar refractivity (Wildman–Crippen MR) is 131 cm³/mol. The molecule has 1 heterocycles. The number of methoxy groups -OCH3 is 3. The summed E-state index contributed by atoms with van der Waals surface area (Å²) < 4.78 is 43.4. The molecule has 0 aromatic heterocycles. The lowest BCUT2D eigenvalue weighted by molar-refractivity contribution is -0.126. The van der Waals surface area contributed by atoms with Gasteiger partial charge in [0.1, 0.15) is 0 Å². The smallest absolute Gasteiger partial charge is 0.224 e. The van der Waals surface area contributed by atoms with E-state index < -0.39 is 10.0 Å². The molecule has 186 valence electrons. The van der Waals surface area contributed by atoms with Crippen LogP contribution in [0.5, 0.6) is 17.2 Å². The lowest BCUT2D eigenvalue weighted by Gasteiger charge is -2.31. The summed E-state index contributed by atoms with van der Waals surface area (Å²) in [6.07, 6.45) is 2.59. The summed E-state index contributed by atoms with van der Waals surface area (Å²) in [7, 11) is 1.19. The molecule has 1 amide bonds. The fourth-order valence-electron chi connectivity index (χ4n) is 4.27. The van der Waals surface area contributed by atoms with Gasteiger partial charge in [0.15, 0.2) is 11.5 Å². The van der Waals surface area contributed by atoms with Crippen molar-refractivity contribution in [2.24, 2.45) is 5.92 Å². The third-order valence-corrected chi connectivity index (χ3v) is 8.02. The van der Waals surface area contributed by atoms with Gasteiger partial charge in [-0.05, 0) is 43.4 Å². The molecule has 2 aromatic rings. The molecule has 34 heavy (non-hydrogen) atoms. The summed E-state index contributed by atoms with van der Waals surface area (Å²) in [4.78, 5) is 12.9. The van der Waals surface area contributed by atoms with E-state index in [1.807, 2.05) is 36.4 Å². The number of hydrogen-bond donors (Lipinski definition) is 1. The Labute approximate surface area is 202 Å². The van der Waals surface area contributed by atoms with Gasteiger partial charge < -0.3 is 19.5 Å². The fraction of sp³-hybridized carbons (Fsp3) is 0.480. The van der Waals surface area contributed by atoms with Crippen molar-refractivity contribution in [2.45, 2.75) is 32.2 Å². The minimum Gasteiger partial charge on any atom is -0.493 e. The average molecular weight is 491 g/mol. The van der Waals surface area contributed by atoms with Crippen molar-refractivity contribution in [2.75, 3.05) is 40.2 Å². The Kier molecular flexibility index (Phi) is 9.18. The quantitative estimate of drug-likeness (QED) is 0.520. The first kappa shape index (κ1) is 25.8. The highest BCUT2D eigenvalue weighted by molar-refractivity contribution is 7.89. The molecule has 3 rings (SSSR count). The number of rotatable bonds is 11. The first-order chi connectivity index (χ1) is 16.4. The van der Waals surface area contributed by atoms with Crippen LogP contribution < -0.4 is 19.5 Å². The number of sulfonamides is 1. The van der Waals surface area contributed by atoms with E-state index >= 15 is 0 Å². The highest BCUT2D eigenvalue weighted by Crippen LogP contribution is 2.39. The molecule has 0 saturated carbocycles. The molecule has 1 saturated heterocycles. The second-order valence-corrected chi connectivity index (χ2v) is 10.4. The summed E-state index contributed by atoms with van der Waals surface area (Å²) in [5.41, 5.74) is 1.87. The molecular formula is C25H34N2O6S. The molecule has 0 bridgehead atoms. The minimum atomic E-state index is -3.41. The molecule has 9 heteroatoms. The minimum absolute atomic E-state index is 0.0824. The van der Waals surface area contributed by atoms with Crippen molar-refractivity contribution in [3.05, 3.63) is 53.6 Å². The van der Waals surface area contributed by atoms with Crippen molar-refractivity contribution in [3.63, 3.8) is 0 Å². The number of ether oxygens (including phenoxy) is 3. The first-order valence-electron chi connectivity index (χ1n) is 11.5. The summed E-state index contributed by atoms with van der Waals surface area (Å²) in [5.74, 6) is 1.02. The zero-order valence-corrected chi connectivity index (χ0v) is 20.9. The number of benzene rings is 2. The van der Waals surface area contributed by atoms with Gasteiger partial charge >= 0.3 is 0 Å². The van der Waals surface area contributed by atoms with E-state index in [0.29, 0.717) is 49.5 Å². The number of nitrogens with zero attached hydrogens (tertiary/aromatic N) is 1. The van der Waals surface area contributed by atoms with Crippen LogP contribution in [-0.2, 0) is 27.8 Å². The highest BCUT2D eigenvalue weighted by Gasteiger charge is 2.32. The topological polar surface area (TPSA) is 94.2 Å². The van der Waals surface area contributed by atoms with Gasteiger partial charge in [-0.3, -0.25) is 4.79 Å². The van der Waals surface area contributed by atoms with E-state index in [-0.39, 0.29) is 30.7 Å². The van der Waals surface area contributed by atoms with E-state index in [1.165, 1.54) is 18.5 Å². The number of carbonyl (C=O) groups is 1. The number of nitrogens with one attached hydrogen (secondary N) is 1. The molecule has 0 radical (unpaired) electrons. The number of piperidine rings is 1. The van der Waals surface area contributed by atoms with E-state index in [0.717, 1.165) is 11.1 Å². The van der Waals surface area contributed by atoms with Crippen LogP contribution in [0.1, 0.15) is 30.4 Å². The van der Waals surface area contributed by atoms with Crippen LogP contribution in [0.2, 0.25) is 0 Å². The molecular weight excluding hydrogens is 456 g/mol. The second-order valence-electron chi connectivity index (χ2n) is 8.31. The van der Waals surface area contributed by atoms with Gasteiger partial charge in [-0.25, -0.2) is 12.7 Å². The molecule has 0 aliphatic carbocycles. The number of hydrogen-bond acceptors (Lipinski definition) is 6. The SMILES string of the molecule is COc1ccc(CNC(=O)[C@@H]2CCCN(S(=O)(=O)CCCc3ccccc3)C2)c(OC)c1OC. The Morgan fingerprint density at radius 1 is 1.03 bits per heavy atom. The van der Waals surface area contributed by atoms with Crippen molar-refractivity contribution < 1.29 is 27.4 Å². The van der Waals surface area contributed by atoms with E-state index in [9.17, 15) is 13.2 Å². The molecule has 1 aliphatic heterocycles. The van der Waals surface area contributed by atoms with E-state index in [4.69, 9.17) is 14.2 Å². The van der Waals surface area contributed by atoms with Gasteiger partial charge in [0, 0.05) is 25.2 Å². The fourth-order valence-corrected chi connectivity index (χ4v) is 5.85. The monoisotopic (exact) mass is 490 g/mol. The van der Waals surface area contributed by atoms with Crippen LogP contribution in [0.25, 0.3) is 0 Å². The molecule has 8 nitrogen and oxygen atoms in total. The van der Waals surface area contributed by atoms with Crippen LogP contribution in [0.3, 0.4) is 0 Å². The van der Waals surface area contributed by atoms with Crippen LogP contribution in [0.4, 0.5) is 0 Å². The lowest BCUT2D eigenvalue weighted by atomic mass is 9.98. The number of amides is 1. The Morgan fingerprint density at radius 3 is 2.44 bits per heavy atom. The van der Waals surface area contributed by atoms with E-state index in [1.54, 1.807) is 13.2 Å². The van der Waals surface area contributed by atoms with Gasteiger partial charge in [0.25, 0.3) is 0 Å². The van der Waals surface area contributed by atoms with E-state index in [2.05, 4.69) is 5.32 Å². The third-order valence-electron chi connectivity index (χ3n) is 6.10. The van der Waals surface area contributed by atoms with Crippen LogP contribution >= 0.6 is 0 Å². The van der Waals surface area contributed by atoms with Gasteiger partial charge in [-0.15, -0.1) is 0 Å². The average Bonchev–Trinajstić information content (AvgIpc) is 2.87. The highest BCUT2D eigenvalue weighted by atomic mass is 32.2. The van der Waals surface area contributed by atoms with Gasteiger partial charge in [-0.2, -0.15) is 0 Å². The Bertz CT molecular complexity index is 1060. The normalized spacial score (nSPS) is 16.6.